The fraction of sp³-hybridized carbons (Fsp3) is 0.387. The highest BCUT2D eigenvalue weighted by Gasteiger charge is 2.30. The van der Waals surface area contributed by atoms with Crippen LogP contribution < -0.4 is 0 Å². The molecule has 1 aliphatic rings. The van der Waals surface area contributed by atoms with E-state index >= 15 is 0 Å². The number of rotatable bonds is 8. The van der Waals surface area contributed by atoms with E-state index in [0.29, 0.717) is 30.2 Å². The zero-order chi connectivity index (χ0) is 26.7. The van der Waals surface area contributed by atoms with Gasteiger partial charge in [-0.3, -0.25) is 4.79 Å². The first-order valence-electron chi connectivity index (χ1n) is 13.3. The molecule has 0 bridgehead atoms. The quantitative estimate of drug-likeness (QED) is 0.224. The summed E-state index contributed by atoms with van der Waals surface area (Å²) in [6, 6.07) is 22.7. The highest BCUT2D eigenvalue weighted by Crippen LogP contribution is 2.42. The summed E-state index contributed by atoms with van der Waals surface area (Å²) in [4.78, 5) is 18.0. The lowest BCUT2D eigenvalue weighted by atomic mass is 9.72. The van der Waals surface area contributed by atoms with Crippen LogP contribution in [-0.2, 0) is 37.8 Å². The van der Waals surface area contributed by atoms with E-state index in [4.69, 9.17) is 0 Å². The molecule has 0 fully saturated rings. The smallest absolute Gasteiger partial charge is 0.233 e. The van der Waals surface area contributed by atoms with Crippen LogP contribution in [-0.4, -0.2) is 31.3 Å². The molecule has 2 aromatic carbocycles. The number of thiophene rings is 1. The van der Waals surface area contributed by atoms with E-state index in [1.807, 2.05) is 64.2 Å². The normalized spacial score (nSPS) is 15.3. The van der Waals surface area contributed by atoms with Crippen molar-refractivity contribution in [3.63, 3.8) is 0 Å². The van der Waals surface area contributed by atoms with Crippen molar-refractivity contribution < 1.29 is 4.79 Å². The van der Waals surface area contributed by atoms with Crippen molar-refractivity contribution in [1.29, 1.82) is 0 Å². The molecular weight excluding hydrogens is 509 g/mol. The van der Waals surface area contributed by atoms with Crippen molar-refractivity contribution in [2.24, 2.45) is 18.4 Å². The number of carbonyl (C=O) groups excluding carboxylic acids is 1. The Labute approximate surface area is 234 Å². The number of aryl methyl sites for hydroxylation is 1. The van der Waals surface area contributed by atoms with Crippen LogP contribution in [0.5, 0.6) is 0 Å². The minimum Gasteiger partial charge on any atom is -0.333 e. The van der Waals surface area contributed by atoms with Crippen molar-refractivity contribution in [2.45, 2.75) is 58.3 Å². The summed E-state index contributed by atoms with van der Waals surface area (Å²) >= 11 is 3.31. The van der Waals surface area contributed by atoms with Crippen LogP contribution in [0.15, 0.2) is 71.9 Å². The Kier molecular flexibility index (Phi) is 8.05. The van der Waals surface area contributed by atoms with E-state index in [2.05, 4.69) is 61.3 Å². The number of thioether (sulfide) groups is 1. The Morgan fingerprint density at radius 1 is 1.03 bits per heavy atom. The zero-order valence-electron chi connectivity index (χ0n) is 22.7. The van der Waals surface area contributed by atoms with Crippen LogP contribution in [0.25, 0.3) is 10.7 Å². The van der Waals surface area contributed by atoms with Crippen LogP contribution in [0, 0.1) is 11.3 Å². The number of benzene rings is 2. The average molecular weight is 545 g/mol. The Bertz CT molecular complexity index is 1330. The van der Waals surface area contributed by atoms with E-state index in [-0.39, 0.29) is 5.91 Å². The molecule has 0 radical (unpaired) electrons. The minimum absolute atomic E-state index is 0.0899. The summed E-state index contributed by atoms with van der Waals surface area (Å²) in [6.45, 7) is 8.21. The van der Waals surface area contributed by atoms with Crippen LogP contribution in [0.2, 0.25) is 0 Å². The van der Waals surface area contributed by atoms with Crippen LogP contribution in [0.3, 0.4) is 0 Å². The first-order chi connectivity index (χ1) is 18.3. The highest BCUT2D eigenvalue weighted by molar-refractivity contribution is 7.99. The van der Waals surface area contributed by atoms with Crippen molar-refractivity contribution >= 4 is 29.0 Å². The number of nitrogens with zero attached hydrogens (tertiary/aromatic N) is 4. The largest absolute Gasteiger partial charge is 0.333 e. The molecule has 0 aliphatic heterocycles. The van der Waals surface area contributed by atoms with Gasteiger partial charge in [-0.15, -0.1) is 21.5 Å². The molecule has 38 heavy (non-hydrogen) atoms. The van der Waals surface area contributed by atoms with E-state index < -0.39 is 0 Å². The molecule has 1 amide bonds. The lowest BCUT2D eigenvalue weighted by Gasteiger charge is -2.33. The Morgan fingerprint density at radius 2 is 1.66 bits per heavy atom. The molecule has 0 saturated carbocycles. The molecule has 2 aromatic heterocycles. The molecule has 198 valence electrons. The molecule has 5 nitrogen and oxygen atoms in total. The van der Waals surface area contributed by atoms with Crippen LogP contribution in [0.1, 0.15) is 48.8 Å². The van der Waals surface area contributed by atoms with Crippen LogP contribution >= 0.6 is 23.1 Å². The summed E-state index contributed by atoms with van der Waals surface area (Å²) < 4.78 is 2.04. The van der Waals surface area contributed by atoms with Gasteiger partial charge in [0, 0.05) is 25.0 Å². The summed E-state index contributed by atoms with van der Waals surface area (Å²) in [5, 5.41) is 9.77. The second-order valence-corrected chi connectivity index (χ2v) is 13.3. The summed E-state index contributed by atoms with van der Waals surface area (Å²) in [5.74, 6) is 2.01. The molecule has 2 heterocycles. The highest BCUT2D eigenvalue weighted by atomic mass is 32.2. The minimum atomic E-state index is 0.0899. The van der Waals surface area contributed by atoms with Gasteiger partial charge in [-0.05, 0) is 53.4 Å². The molecular formula is C31H36N4OS2. The lowest BCUT2D eigenvalue weighted by molar-refractivity contribution is -0.129. The Morgan fingerprint density at radius 3 is 2.26 bits per heavy atom. The number of hydrogen-bond acceptors (Lipinski definition) is 5. The van der Waals surface area contributed by atoms with Crippen molar-refractivity contribution in [3.05, 3.63) is 88.3 Å². The number of hydrogen-bond donors (Lipinski definition) is 0. The molecule has 0 spiro atoms. The third-order valence-corrected chi connectivity index (χ3v) is 9.71. The number of amides is 1. The SMILES string of the molecule is Cn1c(SCC(=O)N(Cc2ccccc2)Cc2ccccc2)nnc1-c1cc2c(s1)CCC(C(C)(C)C)C2. The van der Waals surface area contributed by atoms with E-state index in [0.717, 1.165) is 34.9 Å². The monoisotopic (exact) mass is 544 g/mol. The second-order valence-electron chi connectivity index (χ2n) is 11.2. The molecule has 5 rings (SSSR count). The number of carbonyl (C=O) groups is 1. The van der Waals surface area contributed by atoms with Crippen molar-refractivity contribution in [2.75, 3.05) is 5.75 Å². The second kappa shape index (κ2) is 11.5. The van der Waals surface area contributed by atoms with Gasteiger partial charge >= 0.3 is 0 Å². The lowest BCUT2D eigenvalue weighted by Crippen LogP contribution is -2.31. The molecule has 7 heteroatoms. The van der Waals surface area contributed by atoms with E-state index in [1.54, 1.807) is 0 Å². The van der Waals surface area contributed by atoms with Gasteiger partial charge in [0.1, 0.15) is 0 Å². The van der Waals surface area contributed by atoms with Gasteiger partial charge in [0.15, 0.2) is 11.0 Å². The van der Waals surface area contributed by atoms with Crippen LogP contribution in [0.4, 0.5) is 0 Å². The maximum absolute atomic E-state index is 13.4. The summed E-state index contributed by atoms with van der Waals surface area (Å²) in [7, 11) is 2.00. The van der Waals surface area contributed by atoms with Gasteiger partial charge in [0.05, 0.1) is 10.6 Å². The first-order valence-corrected chi connectivity index (χ1v) is 15.1. The van der Waals surface area contributed by atoms with E-state index in [1.165, 1.54) is 33.5 Å². The van der Waals surface area contributed by atoms with Gasteiger partial charge in [-0.1, -0.05) is 93.2 Å². The molecule has 0 saturated heterocycles. The standard InChI is InChI=1S/C31H36N4OS2/c1-31(2,3)25-15-16-26-24(17-25)18-27(38-26)29-32-33-30(34(29)4)37-21-28(36)35(19-22-11-7-5-8-12-22)20-23-13-9-6-10-14-23/h5-14,18,25H,15-17,19-21H2,1-4H3. The van der Waals surface area contributed by atoms with E-state index in [9.17, 15) is 4.79 Å². The van der Waals surface area contributed by atoms with Gasteiger partial charge in [-0.25, -0.2) is 0 Å². The maximum Gasteiger partial charge on any atom is 0.233 e. The van der Waals surface area contributed by atoms with Gasteiger partial charge in [0.2, 0.25) is 5.91 Å². The van der Waals surface area contributed by atoms with Gasteiger partial charge in [-0.2, -0.15) is 0 Å². The summed E-state index contributed by atoms with van der Waals surface area (Å²) in [5.41, 5.74) is 4.05. The molecule has 1 aliphatic carbocycles. The van der Waals surface area contributed by atoms with Gasteiger partial charge in [0.25, 0.3) is 0 Å². The van der Waals surface area contributed by atoms with Gasteiger partial charge < -0.3 is 9.47 Å². The topological polar surface area (TPSA) is 51.0 Å². The Hall–Kier alpha value is -2.90. The third-order valence-electron chi connectivity index (χ3n) is 7.47. The predicted octanol–water partition coefficient (Wildman–Crippen LogP) is 7.02. The average Bonchev–Trinajstić information content (AvgIpc) is 3.50. The molecule has 4 aromatic rings. The number of aromatic nitrogens is 3. The Balaban J connectivity index is 1.27. The number of fused-ring (bicyclic) bond motifs is 1. The fourth-order valence-corrected chi connectivity index (χ4v) is 7.13. The maximum atomic E-state index is 13.4. The molecule has 1 atom stereocenters. The van der Waals surface area contributed by atoms with Crippen molar-refractivity contribution in [3.8, 4) is 10.7 Å². The molecule has 0 N–H and O–H groups in total. The fourth-order valence-electron chi connectivity index (χ4n) is 5.09. The molecule has 1 unspecified atom stereocenters. The third kappa shape index (κ3) is 6.21. The predicted molar refractivity (Wildman–Crippen MR) is 157 cm³/mol. The zero-order valence-corrected chi connectivity index (χ0v) is 24.3. The summed E-state index contributed by atoms with van der Waals surface area (Å²) in [6.07, 6.45) is 3.54. The van der Waals surface area contributed by atoms with Crippen molar-refractivity contribution in [1.82, 2.24) is 19.7 Å². The first kappa shape index (κ1) is 26.7.